The largest absolute Gasteiger partial charge is 0.295 e. The molecule has 1 rings (SSSR count). The third-order valence-corrected chi connectivity index (χ3v) is 2.05. The van der Waals surface area contributed by atoms with Crippen LogP contribution in [-0.4, -0.2) is 11.6 Å². The smallest absolute Gasteiger partial charge is 0.159 e. The Morgan fingerprint density at radius 2 is 1.67 bits per heavy atom. The van der Waals surface area contributed by atoms with Crippen molar-refractivity contribution in [3.63, 3.8) is 0 Å². The number of Topliss-reactive ketones (excluding diaryl/α,β-unsaturated/α-hetero) is 2. The van der Waals surface area contributed by atoms with Gasteiger partial charge in [0.15, 0.2) is 11.6 Å². The van der Waals surface area contributed by atoms with Crippen LogP contribution in [0.3, 0.4) is 0 Å². The van der Waals surface area contributed by atoms with Gasteiger partial charge in [0.2, 0.25) is 0 Å². The summed E-state index contributed by atoms with van der Waals surface area (Å²) in [7, 11) is 0. The zero-order valence-electron chi connectivity index (χ0n) is 9.51. The molecular weight excluding hydrogens is 188 g/mol. The van der Waals surface area contributed by atoms with E-state index >= 15 is 0 Å². The van der Waals surface area contributed by atoms with Crippen LogP contribution >= 0.6 is 0 Å². The van der Waals surface area contributed by atoms with Crippen molar-refractivity contribution in [1.29, 1.82) is 0 Å². The van der Waals surface area contributed by atoms with E-state index < -0.39 is 0 Å². The topological polar surface area (TPSA) is 34.1 Å². The molecule has 0 aromatic heterocycles. The van der Waals surface area contributed by atoms with Gasteiger partial charge in [-0.3, -0.25) is 9.59 Å². The number of hydrogen-bond donors (Lipinski definition) is 0. The van der Waals surface area contributed by atoms with Gasteiger partial charge in [-0.25, -0.2) is 0 Å². The van der Waals surface area contributed by atoms with E-state index in [9.17, 15) is 9.59 Å². The first kappa shape index (κ1) is 13.6. The molecule has 0 heterocycles. The molecule has 0 atom stereocenters. The summed E-state index contributed by atoms with van der Waals surface area (Å²) in [5.41, 5.74) is 1.17. The van der Waals surface area contributed by atoms with Crippen molar-refractivity contribution in [2.75, 3.05) is 0 Å². The predicted octanol–water partition coefficient (Wildman–Crippen LogP) is 3.00. The fourth-order valence-electron chi connectivity index (χ4n) is 1.29. The fourth-order valence-corrected chi connectivity index (χ4v) is 1.29. The van der Waals surface area contributed by atoms with E-state index in [4.69, 9.17) is 0 Å². The highest BCUT2D eigenvalue weighted by Crippen LogP contribution is 2.20. The molecule has 15 heavy (non-hydrogen) atoms. The van der Waals surface area contributed by atoms with E-state index in [1.807, 2.05) is 13.8 Å². The second-order valence-electron chi connectivity index (χ2n) is 3.05. The highest BCUT2D eigenvalue weighted by molar-refractivity contribution is 6.06. The second-order valence-corrected chi connectivity index (χ2v) is 3.05. The Balaban J connectivity index is 0.000000921. The minimum absolute atomic E-state index is 0.000752. The van der Waals surface area contributed by atoms with Crippen molar-refractivity contribution in [2.24, 2.45) is 0 Å². The SMILES string of the molecule is C=C/C=C1\CC(=C)C(=O)CCC1=O.CC. The Morgan fingerprint density at radius 1 is 1.13 bits per heavy atom. The zero-order valence-corrected chi connectivity index (χ0v) is 9.51. The molecule has 1 aliphatic carbocycles. The molecule has 1 saturated carbocycles. The highest BCUT2D eigenvalue weighted by Gasteiger charge is 2.20. The van der Waals surface area contributed by atoms with Crippen LogP contribution in [0.15, 0.2) is 36.5 Å². The van der Waals surface area contributed by atoms with Crippen LogP contribution in [0, 0.1) is 0 Å². The quantitative estimate of drug-likeness (QED) is 0.488. The van der Waals surface area contributed by atoms with Crippen LogP contribution in [0.4, 0.5) is 0 Å². The third-order valence-electron chi connectivity index (χ3n) is 2.05. The summed E-state index contributed by atoms with van der Waals surface area (Å²) in [5, 5.41) is 0. The van der Waals surface area contributed by atoms with Gasteiger partial charge in [0, 0.05) is 19.3 Å². The molecule has 0 bridgehead atoms. The summed E-state index contributed by atoms with van der Waals surface area (Å²) in [6.45, 7) is 11.2. The summed E-state index contributed by atoms with van der Waals surface area (Å²) < 4.78 is 0. The average Bonchev–Trinajstić information content (AvgIpc) is 2.37. The second kappa shape index (κ2) is 6.93. The maximum absolute atomic E-state index is 11.4. The van der Waals surface area contributed by atoms with Crippen molar-refractivity contribution >= 4 is 11.6 Å². The van der Waals surface area contributed by atoms with Gasteiger partial charge in [0.1, 0.15) is 0 Å². The van der Waals surface area contributed by atoms with E-state index in [2.05, 4.69) is 13.2 Å². The van der Waals surface area contributed by atoms with E-state index in [1.54, 1.807) is 12.2 Å². The highest BCUT2D eigenvalue weighted by atomic mass is 16.1. The Hall–Kier alpha value is -1.44. The predicted molar refractivity (Wildman–Crippen MR) is 62.6 cm³/mol. The van der Waals surface area contributed by atoms with Crippen LogP contribution in [0.1, 0.15) is 33.1 Å². The number of rotatable bonds is 1. The molecule has 1 fully saturated rings. The van der Waals surface area contributed by atoms with E-state index in [0.717, 1.165) is 0 Å². The molecule has 0 aliphatic heterocycles. The van der Waals surface area contributed by atoms with Gasteiger partial charge >= 0.3 is 0 Å². The summed E-state index contributed by atoms with van der Waals surface area (Å²) >= 11 is 0. The Labute approximate surface area is 91.4 Å². The lowest BCUT2D eigenvalue weighted by atomic mass is 10.0. The van der Waals surface area contributed by atoms with Crippen LogP contribution < -0.4 is 0 Å². The Morgan fingerprint density at radius 3 is 2.20 bits per heavy atom. The standard InChI is InChI=1S/C11H12O2.C2H6/c1-3-4-9-7-8(2)10(12)5-6-11(9)13;1-2/h3-4H,1-2,5-7H2;1-2H3/b9-4+;. The van der Waals surface area contributed by atoms with Crippen molar-refractivity contribution in [2.45, 2.75) is 33.1 Å². The molecule has 0 aromatic carbocycles. The van der Waals surface area contributed by atoms with Gasteiger partial charge < -0.3 is 0 Å². The molecule has 0 aromatic rings. The molecule has 0 saturated heterocycles. The molecule has 0 unspecified atom stereocenters. The molecule has 0 spiro atoms. The van der Waals surface area contributed by atoms with Gasteiger partial charge in [-0.1, -0.05) is 39.2 Å². The van der Waals surface area contributed by atoms with E-state index in [0.29, 0.717) is 30.4 Å². The molecule has 0 N–H and O–H groups in total. The molecule has 2 heteroatoms. The fraction of sp³-hybridized carbons (Fsp3) is 0.385. The minimum atomic E-state index is 0.000752. The van der Waals surface area contributed by atoms with Crippen molar-refractivity contribution in [1.82, 2.24) is 0 Å². The Bertz CT molecular complexity index is 308. The van der Waals surface area contributed by atoms with E-state index in [-0.39, 0.29) is 11.6 Å². The van der Waals surface area contributed by atoms with Gasteiger partial charge in [-0.15, -0.1) is 0 Å². The first-order chi connectivity index (χ1) is 7.15. The first-order valence-corrected chi connectivity index (χ1v) is 5.21. The van der Waals surface area contributed by atoms with E-state index in [1.165, 1.54) is 0 Å². The lowest BCUT2D eigenvalue weighted by Crippen LogP contribution is -1.98. The van der Waals surface area contributed by atoms with Crippen molar-refractivity contribution < 1.29 is 9.59 Å². The number of allylic oxidation sites excluding steroid dienone is 4. The summed E-state index contributed by atoms with van der Waals surface area (Å²) in [5.74, 6) is 0.0349. The number of carbonyl (C=O) groups is 2. The molecule has 82 valence electrons. The number of hydrogen-bond acceptors (Lipinski definition) is 2. The summed E-state index contributed by atoms with van der Waals surface area (Å²) in [4.78, 5) is 22.6. The monoisotopic (exact) mass is 206 g/mol. The molecular formula is C13H18O2. The van der Waals surface area contributed by atoms with Crippen LogP contribution in [0.2, 0.25) is 0 Å². The van der Waals surface area contributed by atoms with Crippen LogP contribution in [-0.2, 0) is 9.59 Å². The zero-order chi connectivity index (χ0) is 11.8. The van der Waals surface area contributed by atoms with Gasteiger partial charge in [-0.05, 0) is 11.1 Å². The molecule has 1 aliphatic rings. The minimum Gasteiger partial charge on any atom is -0.295 e. The number of ketones is 2. The summed E-state index contributed by atoms with van der Waals surface area (Å²) in [6.07, 6.45) is 4.20. The normalized spacial score (nSPS) is 19.3. The van der Waals surface area contributed by atoms with Crippen LogP contribution in [0.5, 0.6) is 0 Å². The molecule has 2 nitrogen and oxygen atoms in total. The van der Waals surface area contributed by atoms with Crippen molar-refractivity contribution in [3.8, 4) is 0 Å². The third kappa shape index (κ3) is 4.07. The lowest BCUT2D eigenvalue weighted by Gasteiger charge is -1.99. The summed E-state index contributed by atoms with van der Waals surface area (Å²) in [6, 6.07) is 0. The first-order valence-electron chi connectivity index (χ1n) is 5.21. The maximum Gasteiger partial charge on any atom is 0.159 e. The van der Waals surface area contributed by atoms with Crippen molar-refractivity contribution in [3.05, 3.63) is 36.5 Å². The van der Waals surface area contributed by atoms with Gasteiger partial charge in [0.05, 0.1) is 0 Å². The average molecular weight is 206 g/mol. The van der Waals surface area contributed by atoms with Crippen LogP contribution in [0.25, 0.3) is 0 Å². The molecule has 0 radical (unpaired) electrons. The Kier molecular flexibility index (Phi) is 6.27. The maximum atomic E-state index is 11.4. The van der Waals surface area contributed by atoms with Gasteiger partial charge in [0.25, 0.3) is 0 Å². The number of carbonyl (C=O) groups excluding carboxylic acids is 2. The molecule has 0 amide bonds. The van der Waals surface area contributed by atoms with Gasteiger partial charge in [-0.2, -0.15) is 0 Å². The lowest BCUT2D eigenvalue weighted by molar-refractivity contribution is -0.119.